The molecule has 0 aliphatic carbocycles. The van der Waals surface area contributed by atoms with Crippen LogP contribution in [0, 0.1) is 11.8 Å². The number of aliphatic hydroxyl groups excluding tert-OH is 3. The summed E-state index contributed by atoms with van der Waals surface area (Å²) in [5.41, 5.74) is 0.489. The van der Waals surface area contributed by atoms with E-state index in [0.29, 0.717) is 36.3 Å². The van der Waals surface area contributed by atoms with Gasteiger partial charge in [0.1, 0.15) is 18.0 Å². The van der Waals surface area contributed by atoms with Crippen LogP contribution in [0.5, 0.6) is 0 Å². The molecule has 330 valence electrons. The lowest BCUT2D eigenvalue weighted by atomic mass is 9.80. The van der Waals surface area contributed by atoms with Gasteiger partial charge in [0, 0.05) is 33.4 Å². The van der Waals surface area contributed by atoms with Crippen LogP contribution in [0.1, 0.15) is 77.2 Å². The minimum Gasteiger partial charge on any atom is -0.456 e. The molecule has 0 aromatic heterocycles. The lowest BCUT2D eigenvalue weighted by molar-refractivity contribution is -0.298. The summed E-state index contributed by atoms with van der Waals surface area (Å²) < 4.78 is 44.4. The van der Waals surface area contributed by atoms with Crippen LogP contribution in [0.25, 0.3) is 0 Å². The van der Waals surface area contributed by atoms with Crippen molar-refractivity contribution in [1.82, 2.24) is 9.80 Å². The molecule has 14 heteroatoms. The summed E-state index contributed by atoms with van der Waals surface area (Å²) in [6, 6.07) is 17.3. The number of benzene rings is 2. The first-order valence-corrected chi connectivity index (χ1v) is 20.5. The molecule has 0 amide bonds. The van der Waals surface area contributed by atoms with Crippen LogP contribution in [0.2, 0.25) is 0 Å². The van der Waals surface area contributed by atoms with E-state index in [1.807, 2.05) is 95.0 Å². The van der Waals surface area contributed by atoms with Gasteiger partial charge in [-0.25, -0.2) is 9.59 Å². The molecule has 59 heavy (non-hydrogen) atoms. The monoisotopic (exact) mass is 828 g/mol. The maximum absolute atomic E-state index is 13.6. The van der Waals surface area contributed by atoms with E-state index in [-0.39, 0.29) is 31.3 Å². The number of esters is 2. The maximum atomic E-state index is 13.6. The molecule has 1 saturated heterocycles. The number of hydrogen-bond donors (Lipinski definition) is 3. The van der Waals surface area contributed by atoms with Crippen molar-refractivity contribution in [2.45, 2.75) is 128 Å². The highest BCUT2D eigenvalue weighted by Crippen LogP contribution is 2.41. The third-order valence-electron chi connectivity index (χ3n) is 11.4. The van der Waals surface area contributed by atoms with E-state index in [4.69, 9.17) is 33.2 Å². The highest BCUT2D eigenvalue weighted by atomic mass is 16.7. The van der Waals surface area contributed by atoms with E-state index in [1.54, 1.807) is 52.1 Å². The molecular weight excluding hydrogens is 760 g/mol. The Kier molecular flexibility index (Phi) is 17.5. The van der Waals surface area contributed by atoms with E-state index < -0.39 is 72.6 Å². The van der Waals surface area contributed by atoms with Gasteiger partial charge in [-0.2, -0.15) is 0 Å². The Bertz CT molecular complexity index is 1660. The summed E-state index contributed by atoms with van der Waals surface area (Å²) in [6.07, 6.45) is -4.20. The fourth-order valence-corrected chi connectivity index (χ4v) is 8.34. The number of likely N-dealkylation sites (N-methyl/N-ethyl adjacent to an activating group) is 2. The second-order valence-corrected chi connectivity index (χ2v) is 17.1. The van der Waals surface area contributed by atoms with Crippen molar-refractivity contribution in [2.24, 2.45) is 11.8 Å². The van der Waals surface area contributed by atoms with Gasteiger partial charge in [-0.15, -0.1) is 0 Å². The molecule has 14 nitrogen and oxygen atoms in total. The summed E-state index contributed by atoms with van der Waals surface area (Å²) in [6.45, 7) is 12.5. The Hall–Kier alpha value is -3.44. The molecule has 1 fully saturated rings. The van der Waals surface area contributed by atoms with Crippen molar-refractivity contribution in [1.29, 1.82) is 0 Å². The van der Waals surface area contributed by atoms with Crippen LogP contribution in [0.3, 0.4) is 0 Å². The molecule has 2 aliphatic rings. The molecule has 0 radical (unpaired) electrons. The van der Waals surface area contributed by atoms with E-state index in [2.05, 4.69) is 0 Å². The quantitative estimate of drug-likeness (QED) is 0.150. The standard InChI is InChI=1S/C45H68N2O12/c1-28(24-47(10)35(25-48)38(36(50)26-49)54-27-32-18-14-12-15-19-32)23-45(7,53-11)40(30(3)37-31(4)41(51)59-44(5,6)58-37)57-43-39(34(46(8)9)22-29(2)55-43)56-42(52)33-20-16-13-17-21-33/h12-21,28-30,34-36,38-40,43,48-50H,22-27H2,1-11H3/t28-,29-,30+,34+,35+,36+,38+,39-,40-,43+,45-/m1/s1. The summed E-state index contributed by atoms with van der Waals surface area (Å²) in [5.74, 6) is -2.63. The summed E-state index contributed by atoms with van der Waals surface area (Å²) >= 11 is 0. The van der Waals surface area contributed by atoms with Gasteiger partial charge in [0.15, 0.2) is 12.4 Å². The van der Waals surface area contributed by atoms with E-state index in [9.17, 15) is 24.9 Å². The Balaban J connectivity index is 1.68. The molecule has 11 atom stereocenters. The molecular formula is C45H68N2O12. The van der Waals surface area contributed by atoms with Gasteiger partial charge in [0.05, 0.1) is 60.8 Å². The Labute approximate surface area is 350 Å². The number of aliphatic hydroxyl groups is 3. The van der Waals surface area contributed by atoms with Crippen molar-refractivity contribution in [3.8, 4) is 0 Å². The third kappa shape index (κ3) is 12.6. The third-order valence-corrected chi connectivity index (χ3v) is 11.4. The smallest absolute Gasteiger partial charge is 0.340 e. The summed E-state index contributed by atoms with van der Waals surface area (Å²) in [7, 11) is 7.29. The zero-order valence-electron chi connectivity index (χ0n) is 36.7. The SMILES string of the molecule is CO[C@](C)(C[C@@H](C)CN(C)[C@@H](CO)[C@H](OCc1ccccc1)[C@@H](O)CO)[C@H](O[C@@H]1O[C@H](C)C[C@H](N(C)C)[C@H]1OC(=O)c1ccccc1)[C@@H](C)C1=C(C)C(=O)OC(C)(C)O1. The second kappa shape index (κ2) is 21.4. The van der Waals surface area contributed by atoms with Crippen LogP contribution < -0.4 is 0 Å². The minimum atomic E-state index is -1.25. The van der Waals surface area contributed by atoms with Gasteiger partial charge >= 0.3 is 11.9 Å². The Morgan fingerprint density at radius 3 is 2.20 bits per heavy atom. The Morgan fingerprint density at radius 1 is 1.00 bits per heavy atom. The topological polar surface area (TPSA) is 166 Å². The number of ether oxygens (including phenoxy) is 7. The van der Waals surface area contributed by atoms with Gasteiger partial charge in [0.25, 0.3) is 0 Å². The fourth-order valence-electron chi connectivity index (χ4n) is 8.34. The maximum Gasteiger partial charge on any atom is 0.340 e. The lowest BCUT2D eigenvalue weighted by Gasteiger charge is -2.48. The van der Waals surface area contributed by atoms with Crippen LogP contribution >= 0.6 is 0 Å². The van der Waals surface area contributed by atoms with Crippen molar-refractivity contribution in [2.75, 3.05) is 48.0 Å². The van der Waals surface area contributed by atoms with Crippen molar-refractivity contribution >= 4 is 11.9 Å². The number of methoxy groups -OCH3 is 1. The molecule has 2 aliphatic heterocycles. The predicted molar refractivity (Wildman–Crippen MR) is 221 cm³/mol. The molecule has 4 rings (SSSR count). The fraction of sp³-hybridized carbons (Fsp3) is 0.644. The molecule has 0 bridgehead atoms. The van der Waals surface area contributed by atoms with E-state index in [0.717, 1.165) is 5.56 Å². The largest absolute Gasteiger partial charge is 0.456 e. The zero-order valence-corrected chi connectivity index (χ0v) is 36.7. The van der Waals surface area contributed by atoms with Gasteiger partial charge in [-0.05, 0) is 78.4 Å². The summed E-state index contributed by atoms with van der Waals surface area (Å²) in [4.78, 5) is 30.7. The van der Waals surface area contributed by atoms with Crippen LogP contribution in [0.15, 0.2) is 72.0 Å². The molecule has 2 aromatic carbocycles. The average Bonchev–Trinajstić information content (AvgIpc) is 3.20. The van der Waals surface area contributed by atoms with Gasteiger partial charge in [-0.3, -0.25) is 4.90 Å². The predicted octanol–water partition coefficient (Wildman–Crippen LogP) is 4.54. The molecule has 0 saturated carbocycles. The van der Waals surface area contributed by atoms with Crippen LogP contribution in [0.4, 0.5) is 0 Å². The molecule has 2 heterocycles. The second-order valence-electron chi connectivity index (χ2n) is 17.1. The van der Waals surface area contributed by atoms with Crippen molar-refractivity contribution < 1.29 is 58.1 Å². The number of cyclic esters (lactones) is 1. The molecule has 3 N–H and O–H groups in total. The number of hydrogen-bond acceptors (Lipinski definition) is 14. The first-order chi connectivity index (χ1) is 27.8. The van der Waals surface area contributed by atoms with E-state index in [1.165, 1.54) is 0 Å². The first-order valence-electron chi connectivity index (χ1n) is 20.5. The molecule has 0 unspecified atom stereocenters. The first kappa shape index (κ1) is 48.2. The minimum absolute atomic E-state index is 0.130. The average molecular weight is 829 g/mol. The normalized spacial score (nSPS) is 25.0. The number of rotatable bonds is 21. The zero-order chi connectivity index (χ0) is 43.7. The highest BCUT2D eigenvalue weighted by Gasteiger charge is 2.50. The summed E-state index contributed by atoms with van der Waals surface area (Å²) in [5, 5.41) is 31.5. The van der Waals surface area contributed by atoms with Crippen LogP contribution in [-0.4, -0.2) is 145 Å². The van der Waals surface area contributed by atoms with Gasteiger partial charge in [0.2, 0.25) is 5.79 Å². The molecule has 0 spiro atoms. The highest BCUT2D eigenvalue weighted by molar-refractivity contribution is 5.89. The van der Waals surface area contributed by atoms with Gasteiger partial charge < -0.3 is 53.4 Å². The van der Waals surface area contributed by atoms with Gasteiger partial charge in [-0.1, -0.05) is 62.4 Å². The number of carbonyl (C=O) groups excluding carboxylic acids is 2. The van der Waals surface area contributed by atoms with Crippen molar-refractivity contribution in [3.05, 3.63) is 83.1 Å². The number of nitrogens with zero attached hydrogens (tertiary/aromatic N) is 2. The van der Waals surface area contributed by atoms with Crippen molar-refractivity contribution in [3.63, 3.8) is 0 Å². The number of carbonyl (C=O) groups is 2. The lowest BCUT2D eigenvalue weighted by Crippen LogP contribution is -2.60. The van der Waals surface area contributed by atoms with Crippen LogP contribution in [-0.2, 0) is 44.6 Å². The van der Waals surface area contributed by atoms with E-state index >= 15 is 0 Å². The Morgan fingerprint density at radius 2 is 1.63 bits per heavy atom. The molecule has 2 aromatic rings.